The van der Waals surface area contributed by atoms with E-state index in [4.69, 9.17) is 5.41 Å². The van der Waals surface area contributed by atoms with Crippen LogP contribution in [0.1, 0.15) is 43.7 Å². The van der Waals surface area contributed by atoms with Gasteiger partial charge in [0, 0.05) is 13.0 Å². The first-order valence-corrected chi connectivity index (χ1v) is 9.73. The summed E-state index contributed by atoms with van der Waals surface area (Å²) in [5.41, 5.74) is 3.45. The summed E-state index contributed by atoms with van der Waals surface area (Å²) in [5, 5.41) is 17.5. The summed E-state index contributed by atoms with van der Waals surface area (Å²) >= 11 is 0. The maximum absolute atomic E-state index is 11.6. The number of nitrogens with one attached hydrogen (secondary N) is 1. The van der Waals surface area contributed by atoms with E-state index in [1.165, 1.54) is 10.5 Å². The van der Waals surface area contributed by atoms with Gasteiger partial charge in [-0.15, -0.1) is 0 Å². The minimum Gasteiger partial charge on any atom is -0.481 e. The van der Waals surface area contributed by atoms with Crippen molar-refractivity contribution in [2.45, 2.75) is 44.4 Å². The number of nitrogens with zero attached hydrogens (tertiary/aromatic N) is 1. The van der Waals surface area contributed by atoms with Gasteiger partial charge in [0.1, 0.15) is 5.84 Å². The third-order valence-electron chi connectivity index (χ3n) is 5.53. The lowest BCUT2D eigenvalue weighted by Gasteiger charge is -2.15. The van der Waals surface area contributed by atoms with E-state index >= 15 is 0 Å². The molecule has 0 aliphatic heterocycles. The number of aryl methyl sites for hydroxylation is 1. The summed E-state index contributed by atoms with van der Waals surface area (Å²) in [6.45, 7) is 2.38. The molecule has 5 nitrogen and oxygen atoms in total. The molecule has 0 bridgehead atoms. The summed E-state index contributed by atoms with van der Waals surface area (Å²) < 4.78 is 0. The molecule has 0 atom stereocenters. The van der Waals surface area contributed by atoms with Gasteiger partial charge in [-0.3, -0.25) is 15.0 Å². The van der Waals surface area contributed by atoms with Gasteiger partial charge in [0.25, 0.3) is 0 Å². The first-order valence-electron chi connectivity index (χ1n) is 9.73. The third kappa shape index (κ3) is 4.14. The highest BCUT2D eigenvalue weighted by Crippen LogP contribution is 2.49. The van der Waals surface area contributed by atoms with E-state index < -0.39 is 11.4 Å². The van der Waals surface area contributed by atoms with Crippen LogP contribution >= 0.6 is 0 Å². The van der Waals surface area contributed by atoms with E-state index in [9.17, 15) is 14.7 Å². The largest absolute Gasteiger partial charge is 0.481 e. The summed E-state index contributed by atoms with van der Waals surface area (Å²) in [7, 11) is 0. The number of carboxylic acid groups (broad SMARTS) is 1. The second kappa shape index (κ2) is 8.38. The Labute approximate surface area is 165 Å². The maximum Gasteiger partial charge on any atom is 0.314 e. The summed E-state index contributed by atoms with van der Waals surface area (Å²) in [6.07, 6.45) is 4.30. The van der Waals surface area contributed by atoms with Crippen molar-refractivity contribution in [2.24, 2.45) is 0 Å². The van der Waals surface area contributed by atoms with Crippen LogP contribution in [-0.4, -0.2) is 34.8 Å². The third-order valence-corrected chi connectivity index (χ3v) is 5.53. The fraction of sp³-hybridized carbons (Fsp3) is 0.348. The lowest BCUT2D eigenvalue weighted by molar-refractivity contribution is -0.140. The number of carbonyl (C=O) groups excluding carboxylic acids is 1. The molecule has 2 aromatic rings. The summed E-state index contributed by atoms with van der Waals surface area (Å²) in [5.74, 6) is -0.387. The zero-order valence-corrected chi connectivity index (χ0v) is 16.1. The number of amides is 1. The molecule has 2 aromatic carbocycles. The van der Waals surface area contributed by atoms with Crippen molar-refractivity contribution >= 4 is 18.2 Å². The zero-order chi connectivity index (χ0) is 20.1. The van der Waals surface area contributed by atoms with Crippen molar-refractivity contribution in [2.75, 3.05) is 6.54 Å². The molecule has 5 heteroatoms. The monoisotopic (exact) mass is 378 g/mol. The summed E-state index contributed by atoms with van der Waals surface area (Å²) in [4.78, 5) is 23.9. The molecule has 3 rings (SSSR count). The van der Waals surface area contributed by atoms with Crippen molar-refractivity contribution in [1.82, 2.24) is 4.90 Å². The van der Waals surface area contributed by atoms with Crippen LogP contribution in [0.25, 0.3) is 11.1 Å². The van der Waals surface area contributed by atoms with E-state index in [0.29, 0.717) is 38.1 Å². The van der Waals surface area contributed by atoms with Gasteiger partial charge in [-0.1, -0.05) is 48.5 Å². The molecule has 1 aliphatic rings. The van der Waals surface area contributed by atoms with Crippen LogP contribution in [-0.2, 0) is 21.4 Å². The van der Waals surface area contributed by atoms with Gasteiger partial charge in [0.15, 0.2) is 0 Å². The summed E-state index contributed by atoms with van der Waals surface area (Å²) in [6, 6.07) is 16.1. The lowest BCUT2D eigenvalue weighted by atomic mass is 9.92. The lowest BCUT2D eigenvalue weighted by Crippen LogP contribution is -2.28. The van der Waals surface area contributed by atoms with Crippen LogP contribution < -0.4 is 0 Å². The predicted molar refractivity (Wildman–Crippen MR) is 110 cm³/mol. The number of amidine groups is 1. The second-order valence-corrected chi connectivity index (χ2v) is 7.36. The van der Waals surface area contributed by atoms with Gasteiger partial charge < -0.3 is 10.0 Å². The Bertz CT molecular complexity index is 887. The minimum absolute atomic E-state index is 0.352. The average Bonchev–Trinajstić information content (AvgIpc) is 3.52. The molecule has 0 aromatic heterocycles. The number of aliphatic carboxylic acids is 1. The van der Waals surface area contributed by atoms with Gasteiger partial charge in [-0.2, -0.15) is 0 Å². The Morgan fingerprint density at radius 3 is 2.46 bits per heavy atom. The molecule has 0 saturated heterocycles. The van der Waals surface area contributed by atoms with E-state index in [1.807, 2.05) is 43.3 Å². The number of rotatable bonds is 9. The van der Waals surface area contributed by atoms with Crippen LogP contribution in [0.2, 0.25) is 0 Å². The Morgan fingerprint density at radius 1 is 1.18 bits per heavy atom. The molecule has 1 fully saturated rings. The fourth-order valence-electron chi connectivity index (χ4n) is 3.59. The second-order valence-electron chi connectivity index (χ2n) is 7.36. The zero-order valence-electron chi connectivity index (χ0n) is 16.1. The Kier molecular flexibility index (Phi) is 5.93. The first-order chi connectivity index (χ1) is 13.5. The molecule has 2 N–H and O–H groups in total. The highest BCUT2D eigenvalue weighted by atomic mass is 16.4. The molecule has 146 valence electrons. The topological polar surface area (TPSA) is 81.5 Å². The van der Waals surface area contributed by atoms with Crippen molar-refractivity contribution in [3.8, 4) is 11.1 Å². The van der Waals surface area contributed by atoms with Crippen LogP contribution in [0.5, 0.6) is 0 Å². The van der Waals surface area contributed by atoms with Crippen molar-refractivity contribution < 1.29 is 14.7 Å². The quantitative estimate of drug-likeness (QED) is 0.389. The van der Waals surface area contributed by atoms with Gasteiger partial charge in [-0.25, -0.2) is 0 Å². The van der Waals surface area contributed by atoms with Crippen LogP contribution in [0, 0.1) is 5.41 Å². The molecular formula is C23H26N2O3. The fourth-order valence-corrected chi connectivity index (χ4v) is 3.59. The van der Waals surface area contributed by atoms with Crippen molar-refractivity contribution in [1.29, 1.82) is 5.41 Å². The molecule has 1 saturated carbocycles. The van der Waals surface area contributed by atoms with E-state index in [-0.39, 0.29) is 0 Å². The van der Waals surface area contributed by atoms with Crippen molar-refractivity contribution in [3.05, 3.63) is 59.7 Å². The SMILES string of the molecule is CCN(C=O)C(=N)CCCc1cccc(-c2cccc(C3(C(=O)O)CC3)c2)c1. The molecule has 1 aliphatic carbocycles. The van der Waals surface area contributed by atoms with Crippen LogP contribution in [0.3, 0.4) is 0 Å². The van der Waals surface area contributed by atoms with E-state index in [0.717, 1.165) is 29.5 Å². The smallest absolute Gasteiger partial charge is 0.314 e. The number of carbonyl (C=O) groups is 2. The first kappa shape index (κ1) is 19.8. The van der Waals surface area contributed by atoms with Gasteiger partial charge in [-0.05, 0) is 54.9 Å². The molecule has 28 heavy (non-hydrogen) atoms. The highest BCUT2D eigenvalue weighted by molar-refractivity contribution is 5.88. The predicted octanol–water partition coefficient (Wildman–Crippen LogP) is 4.25. The standard InChI is InChI=1S/C23H26N2O3/c1-2-25(16-26)21(24)11-4-7-17-6-3-8-18(14-17)19-9-5-10-20(15-19)23(12-13-23)22(27)28/h3,5-6,8-10,14-16,24H,2,4,7,11-13H2,1H3,(H,27,28). The molecule has 0 unspecified atom stereocenters. The molecule has 0 radical (unpaired) electrons. The number of hydrogen-bond donors (Lipinski definition) is 2. The maximum atomic E-state index is 11.6. The number of benzene rings is 2. The van der Waals surface area contributed by atoms with E-state index in [2.05, 4.69) is 12.1 Å². The molecule has 1 amide bonds. The Balaban J connectivity index is 1.69. The molecular weight excluding hydrogens is 352 g/mol. The van der Waals surface area contributed by atoms with Gasteiger partial charge in [0.2, 0.25) is 6.41 Å². The van der Waals surface area contributed by atoms with Gasteiger partial charge in [0.05, 0.1) is 5.41 Å². The normalized spacial score (nSPS) is 14.3. The number of hydrogen-bond acceptors (Lipinski definition) is 3. The highest BCUT2D eigenvalue weighted by Gasteiger charge is 2.51. The molecule has 0 spiro atoms. The van der Waals surface area contributed by atoms with E-state index in [1.54, 1.807) is 0 Å². The van der Waals surface area contributed by atoms with Crippen LogP contribution in [0.4, 0.5) is 0 Å². The molecule has 0 heterocycles. The number of carboxylic acids is 1. The Morgan fingerprint density at radius 2 is 1.86 bits per heavy atom. The Hall–Kier alpha value is -2.95. The van der Waals surface area contributed by atoms with Gasteiger partial charge >= 0.3 is 5.97 Å². The average molecular weight is 378 g/mol. The minimum atomic E-state index is -0.739. The van der Waals surface area contributed by atoms with Crippen molar-refractivity contribution in [3.63, 3.8) is 0 Å². The van der Waals surface area contributed by atoms with Crippen LogP contribution in [0.15, 0.2) is 48.5 Å².